The minimum atomic E-state index is -1.18. The van der Waals surface area contributed by atoms with E-state index in [1.807, 2.05) is 39.0 Å². The fraction of sp³-hybridized carbons (Fsp3) is 0.333. The molecule has 3 rings (SSSR count). The Labute approximate surface area is 353 Å². The standard InChI is InChI=1S/C54H69BO3/c1-34(2)25-43-19-22-52(49(31-40(13)14)46(43)28-37(7)8)56-55(57-53-23-20-44(26-35(3)4)47(29-38(9)10)50(53)32-41(15)16)58-54-24-21-45(27-36(5)6)48(30-39(11)12)51(54)33-42(17)18/h19-24H,1,3,5,7,9,11,13,15,17,25-33H2,2,4,6,8,10,12,14,16,18H3. The molecule has 0 atom stereocenters. The van der Waals surface area contributed by atoms with E-state index in [1.54, 1.807) is 0 Å². The largest absolute Gasteiger partial charge is 0.864 e. The van der Waals surface area contributed by atoms with E-state index >= 15 is 0 Å². The minimum Gasteiger partial charge on any atom is -0.489 e. The summed E-state index contributed by atoms with van der Waals surface area (Å²) in [5, 5.41) is 0. The van der Waals surface area contributed by atoms with Crippen LogP contribution >= 0.6 is 0 Å². The molecule has 0 heterocycles. The van der Waals surface area contributed by atoms with Gasteiger partial charge in [0.05, 0.1) is 0 Å². The first-order valence-electron chi connectivity index (χ1n) is 20.3. The van der Waals surface area contributed by atoms with Gasteiger partial charge in [-0.3, -0.25) is 0 Å². The van der Waals surface area contributed by atoms with Gasteiger partial charge in [-0.05, 0) is 172 Å². The van der Waals surface area contributed by atoms with Crippen molar-refractivity contribution in [2.45, 2.75) is 120 Å². The van der Waals surface area contributed by atoms with Crippen LogP contribution in [0.2, 0.25) is 0 Å². The van der Waals surface area contributed by atoms with Crippen molar-refractivity contribution in [2.24, 2.45) is 0 Å². The molecule has 0 fully saturated rings. The van der Waals surface area contributed by atoms with Gasteiger partial charge in [-0.25, -0.2) is 0 Å². The Bertz CT molecular complexity index is 1900. The maximum absolute atomic E-state index is 7.04. The average Bonchev–Trinajstić information content (AvgIpc) is 3.07. The summed E-state index contributed by atoms with van der Waals surface area (Å²) >= 11 is 0. The number of benzene rings is 3. The molecule has 0 spiro atoms. The molecule has 0 aliphatic carbocycles. The molecule has 3 nitrogen and oxygen atoms in total. The van der Waals surface area contributed by atoms with Crippen molar-refractivity contribution in [2.75, 3.05) is 0 Å². The first kappa shape index (κ1) is 47.2. The smallest absolute Gasteiger partial charge is 0.489 e. The van der Waals surface area contributed by atoms with Gasteiger partial charge in [0.1, 0.15) is 17.2 Å². The van der Waals surface area contributed by atoms with Crippen molar-refractivity contribution in [1.82, 2.24) is 0 Å². The van der Waals surface area contributed by atoms with Crippen LogP contribution in [-0.4, -0.2) is 7.32 Å². The zero-order valence-electron chi connectivity index (χ0n) is 37.5. The van der Waals surface area contributed by atoms with Crippen LogP contribution in [0.3, 0.4) is 0 Å². The Morgan fingerprint density at radius 1 is 0.310 bits per heavy atom. The van der Waals surface area contributed by atoms with Crippen LogP contribution in [0.25, 0.3) is 0 Å². The fourth-order valence-electron chi connectivity index (χ4n) is 7.40. The molecule has 0 amide bonds. The van der Waals surface area contributed by atoms with E-state index < -0.39 is 7.32 Å². The molecule has 3 aromatic rings. The first-order chi connectivity index (χ1) is 27.1. The molecule has 58 heavy (non-hydrogen) atoms. The van der Waals surface area contributed by atoms with E-state index in [-0.39, 0.29) is 0 Å². The summed E-state index contributed by atoms with van der Waals surface area (Å²) < 4.78 is 21.1. The number of allylic oxidation sites excluding steroid dienone is 9. The van der Waals surface area contributed by atoms with Crippen molar-refractivity contribution in [1.29, 1.82) is 0 Å². The number of hydrogen-bond donors (Lipinski definition) is 0. The third kappa shape index (κ3) is 14.3. The molecule has 0 aliphatic rings. The molecular formula is C54H69BO3. The van der Waals surface area contributed by atoms with Gasteiger partial charge in [0.25, 0.3) is 0 Å². The summed E-state index contributed by atoms with van der Waals surface area (Å²) in [4.78, 5) is 0. The minimum absolute atomic E-state index is 0.618. The third-order valence-electron chi connectivity index (χ3n) is 9.47. The highest BCUT2D eigenvalue weighted by molar-refractivity contribution is 6.39. The normalized spacial score (nSPS) is 10.7. The molecule has 306 valence electrons. The number of hydrogen-bond acceptors (Lipinski definition) is 3. The van der Waals surface area contributed by atoms with Crippen LogP contribution in [0.1, 0.15) is 112 Å². The molecule has 0 N–H and O–H groups in total. The van der Waals surface area contributed by atoms with Gasteiger partial charge >= 0.3 is 7.32 Å². The lowest BCUT2D eigenvalue weighted by atomic mass is 9.88. The zero-order valence-corrected chi connectivity index (χ0v) is 37.5. The summed E-state index contributed by atoms with van der Waals surface area (Å²) in [6, 6.07) is 12.5. The predicted octanol–water partition coefficient (Wildman–Crippen LogP) is 14.3. The highest BCUT2D eigenvalue weighted by Crippen LogP contribution is 2.37. The maximum Gasteiger partial charge on any atom is 0.864 e. The lowest BCUT2D eigenvalue weighted by Gasteiger charge is -2.26. The Balaban J connectivity index is 2.43. The molecule has 0 bridgehead atoms. The highest BCUT2D eigenvalue weighted by Gasteiger charge is 2.35. The van der Waals surface area contributed by atoms with Crippen molar-refractivity contribution in [3.8, 4) is 17.2 Å². The SMILES string of the molecule is C=C(C)Cc1ccc(OB(Oc2ccc(CC(=C)C)c(CC(=C)C)c2CC(=C)C)Oc2ccc(CC(=C)C)c(CC(=C)C)c2CC(=C)C)c(CC(=C)C)c1CC(=C)C. The van der Waals surface area contributed by atoms with E-state index in [2.05, 4.69) is 119 Å². The summed E-state index contributed by atoms with van der Waals surface area (Å²) in [5.74, 6) is 2.00. The van der Waals surface area contributed by atoms with Gasteiger partial charge in [-0.2, -0.15) is 0 Å². The van der Waals surface area contributed by atoms with E-state index in [0.717, 1.165) is 86.1 Å². The first-order valence-corrected chi connectivity index (χ1v) is 20.3. The Hall–Kier alpha value is -5.22. The van der Waals surface area contributed by atoms with Gasteiger partial charge in [0.2, 0.25) is 0 Å². The monoisotopic (exact) mass is 777 g/mol. The molecule has 0 saturated heterocycles. The van der Waals surface area contributed by atoms with E-state index in [9.17, 15) is 0 Å². The summed E-state index contributed by atoms with van der Waals surface area (Å²) in [7, 11) is -1.18. The van der Waals surface area contributed by atoms with Gasteiger partial charge in [-0.15, -0.1) is 0 Å². The van der Waals surface area contributed by atoms with Gasteiger partial charge in [0.15, 0.2) is 0 Å². The molecule has 0 saturated carbocycles. The third-order valence-corrected chi connectivity index (χ3v) is 9.47. The second kappa shape index (κ2) is 21.5. The van der Waals surface area contributed by atoms with Crippen LogP contribution < -0.4 is 14.0 Å². The van der Waals surface area contributed by atoms with Crippen molar-refractivity contribution in [3.05, 3.63) is 196 Å². The predicted molar refractivity (Wildman–Crippen MR) is 254 cm³/mol. The molecule has 3 aromatic carbocycles. The molecule has 0 aromatic heterocycles. The van der Waals surface area contributed by atoms with Crippen LogP contribution in [0.5, 0.6) is 17.2 Å². The molecule has 4 heteroatoms. The fourth-order valence-corrected chi connectivity index (χ4v) is 7.40. The molecule has 0 unspecified atom stereocenters. The van der Waals surface area contributed by atoms with Gasteiger partial charge < -0.3 is 14.0 Å². The Morgan fingerprint density at radius 2 is 0.500 bits per heavy atom. The quantitative estimate of drug-likeness (QED) is 0.0670. The van der Waals surface area contributed by atoms with Crippen LogP contribution in [0.15, 0.2) is 146 Å². The van der Waals surface area contributed by atoms with Crippen LogP contribution in [0, 0.1) is 0 Å². The molecule has 0 radical (unpaired) electrons. The summed E-state index contributed by atoms with van der Waals surface area (Å²) in [6.07, 6.45) is 6.20. The lowest BCUT2D eigenvalue weighted by molar-refractivity contribution is 0.303. The average molecular weight is 777 g/mol. The second-order valence-electron chi connectivity index (χ2n) is 17.4. The van der Waals surface area contributed by atoms with Gasteiger partial charge in [-0.1, -0.05) is 128 Å². The van der Waals surface area contributed by atoms with Gasteiger partial charge in [0, 0.05) is 16.7 Å². The highest BCUT2D eigenvalue weighted by atomic mass is 16.7. The topological polar surface area (TPSA) is 27.7 Å². The van der Waals surface area contributed by atoms with Crippen molar-refractivity contribution in [3.63, 3.8) is 0 Å². The van der Waals surface area contributed by atoms with Crippen LogP contribution in [0.4, 0.5) is 0 Å². The maximum atomic E-state index is 7.04. The summed E-state index contributed by atoms with van der Waals surface area (Å²) in [6.45, 7) is 57.0. The zero-order chi connectivity index (χ0) is 43.4. The van der Waals surface area contributed by atoms with E-state index in [4.69, 9.17) is 14.0 Å². The Morgan fingerprint density at radius 3 is 0.690 bits per heavy atom. The molecular weight excluding hydrogens is 707 g/mol. The second-order valence-corrected chi connectivity index (χ2v) is 17.4. The lowest BCUT2D eigenvalue weighted by Crippen LogP contribution is -2.38. The summed E-state index contributed by atoms with van der Waals surface area (Å²) in [5.41, 5.74) is 19.7. The van der Waals surface area contributed by atoms with E-state index in [0.29, 0.717) is 55.8 Å². The number of rotatable bonds is 24. The van der Waals surface area contributed by atoms with E-state index in [1.165, 1.54) is 33.4 Å². The van der Waals surface area contributed by atoms with Crippen LogP contribution in [-0.2, 0) is 57.8 Å². The van der Waals surface area contributed by atoms with Crippen molar-refractivity contribution >= 4 is 7.32 Å². The molecule has 0 aliphatic heterocycles. The Kier molecular flexibility index (Phi) is 17.5. The van der Waals surface area contributed by atoms with Crippen molar-refractivity contribution < 1.29 is 14.0 Å².